The molecule has 1 aliphatic rings. The van der Waals surface area contributed by atoms with E-state index in [1.807, 2.05) is 25.1 Å². The van der Waals surface area contributed by atoms with Gasteiger partial charge in [0.1, 0.15) is 5.75 Å². The first-order valence-electron chi connectivity index (χ1n) is 5.84. The van der Waals surface area contributed by atoms with Gasteiger partial charge in [-0.05, 0) is 31.9 Å². The zero-order chi connectivity index (χ0) is 11.4. The molecule has 1 saturated carbocycles. The number of benzene rings is 1. The molecule has 1 N–H and O–H groups in total. The third-order valence-corrected chi connectivity index (χ3v) is 2.94. The maximum absolute atomic E-state index is 5.53. The quantitative estimate of drug-likeness (QED) is 0.829. The van der Waals surface area contributed by atoms with Crippen molar-refractivity contribution in [2.75, 3.05) is 19.0 Å². The lowest BCUT2D eigenvalue weighted by atomic mass is 9.89. The third kappa shape index (κ3) is 2.67. The van der Waals surface area contributed by atoms with Gasteiger partial charge in [-0.25, -0.2) is 0 Å². The van der Waals surface area contributed by atoms with Crippen molar-refractivity contribution in [2.45, 2.75) is 31.9 Å². The fourth-order valence-corrected chi connectivity index (χ4v) is 2.00. The summed E-state index contributed by atoms with van der Waals surface area (Å²) in [5.41, 5.74) is 1.12. The van der Waals surface area contributed by atoms with Crippen LogP contribution in [0.25, 0.3) is 0 Å². The molecule has 3 heteroatoms. The minimum absolute atomic E-state index is 0.452. The number of hydrogen-bond donors (Lipinski definition) is 1. The summed E-state index contributed by atoms with van der Waals surface area (Å²) in [6, 6.07) is 8.59. The van der Waals surface area contributed by atoms with Crippen LogP contribution >= 0.6 is 0 Å². The number of rotatable bonds is 5. The Morgan fingerprint density at radius 1 is 1.38 bits per heavy atom. The van der Waals surface area contributed by atoms with Crippen LogP contribution in [0, 0.1) is 0 Å². The molecule has 0 radical (unpaired) electrons. The van der Waals surface area contributed by atoms with Gasteiger partial charge in [-0.15, -0.1) is 0 Å². The van der Waals surface area contributed by atoms with E-state index in [-0.39, 0.29) is 0 Å². The van der Waals surface area contributed by atoms with Crippen LogP contribution in [-0.4, -0.2) is 25.9 Å². The molecule has 0 heterocycles. The molecule has 0 atom stereocenters. The van der Waals surface area contributed by atoms with Crippen molar-refractivity contribution < 1.29 is 9.47 Å². The molecule has 1 aromatic carbocycles. The summed E-state index contributed by atoms with van der Waals surface area (Å²) in [6.07, 6.45) is 2.66. The van der Waals surface area contributed by atoms with E-state index in [4.69, 9.17) is 9.47 Å². The van der Waals surface area contributed by atoms with Crippen molar-refractivity contribution in [3.63, 3.8) is 0 Å². The SMILES string of the molecule is CCOC1CC(Nc2cccc(OC)c2)C1. The van der Waals surface area contributed by atoms with Gasteiger partial charge < -0.3 is 14.8 Å². The molecule has 16 heavy (non-hydrogen) atoms. The summed E-state index contributed by atoms with van der Waals surface area (Å²) < 4.78 is 10.7. The van der Waals surface area contributed by atoms with Crippen LogP contribution in [0.1, 0.15) is 19.8 Å². The molecule has 0 unspecified atom stereocenters. The monoisotopic (exact) mass is 221 g/mol. The van der Waals surface area contributed by atoms with Gasteiger partial charge in [0.2, 0.25) is 0 Å². The van der Waals surface area contributed by atoms with Gasteiger partial charge in [0, 0.05) is 24.4 Å². The van der Waals surface area contributed by atoms with Gasteiger partial charge in [-0.3, -0.25) is 0 Å². The Bertz CT molecular complexity index is 334. The Balaban J connectivity index is 1.82. The van der Waals surface area contributed by atoms with Crippen LogP contribution in [0.2, 0.25) is 0 Å². The van der Waals surface area contributed by atoms with Crippen LogP contribution in [0.15, 0.2) is 24.3 Å². The number of anilines is 1. The van der Waals surface area contributed by atoms with Crippen LogP contribution in [0.5, 0.6) is 5.75 Å². The summed E-state index contributed by atoms with van der Waals surface area (Å²) >= 11 is 0. The van der Waals surface area contributed by atoms with Crippen LogP contribution in [0.3, 0.4) is 0 Å². The van der Waals surface area contributed by atoms with E-state index in [0.29, 0.717) is 12.1 Å². The highest BCUT2D eigenvalue weighted by molar-refractivity contribution is 5.49. The molecule has 1 aromatic rings. The van der Waals surface area contributed by atoms with Crippen LogP contribution in [0.4, 0.5) is 5.69 Å². The number of methoxy groups -OCH3 is 1. The second kappa shape index (κ2) is 5.21. The zero-order valence-corrected chi connectivity index (χ0v) is 9.90. The van der Waals surface area contributed by atoms with E-state index >= 15 is 0 Å². The van der Waals surface area contributed by atoms with Crippen molar-refractivity contribution in [1.82, 2.24) is 0 Å². The van der Waals surface area contributed by atoms with E-state index in [2.05, 4.69) is 11.4 Å². The van der Waals surface area contributed by atoms with Crippen molar-refractivity contribution in [1.29, 1.82) is 0 Å². The second-order valence-corrected chi connectivity index (χ2v) is 4.12. The van der Waals surface area contributed by atoms with Gasteiger partial charge in [0.05, 0.1) is 13.2 Å². The molecule has 1 aliphatic carbocycles. The smallest absolute Gasteiger partial charge is 0.120 e. The number of nitrogens with one attached hydrogen (secondary N) is 1. The fraction of sp³-hybridized carbons (Fsp3) is 0.538. The van der Waals surface area contributed by atoms with Crippen molar-refractivity contribution in [3.8, 4) is 5.75 Å². The Hall–Kier alpha value is -1.22. The molecule has 88 valence electrons. The van der Waals surface area contributed by atoms with Gasteiger partial charge in [-0.2, -0.15) is 0 Å². The minimum atomic E-state index is 0.452. The van der Waals surface area contributed by atoms with E-state index in [9.17, 15) is 0 Å². The predicted octanol–water partition coefficient (Wildman–Crippen LogP) is 2.67. The maximum atomic E-state index is 5.53. The third-order valence-electron chi connectivity index (χ3n) is 2.94. The summed E-state index contributed by atoms with van der Waals surface area (Å²) in [5, 5.41) is 3.48. The standard InChI is InChI=1S/C13H19NO2/c1-3-16-13-8-11(9-13)14-10-5-4-6-12(7-10)15-2/h4-7,11,13-14H,3,8-9H2,1-2H3. The summed E-state index contributed by atoms with van der Waals surface area (Å²) in [6.45, 7) is 2.86. The lowest BCUT2D eigenvalue weighted by molar-refractivity contribution is 0.00299. The molecule has 3 nitrogen and oxygen atoms in total. The first kappa shape index (κ1) is 11.3. The van der Waals surface area contributed by atoms with E-state index < -0.39 is 0 Å². The highest BCUT2D eigenvalue weighted by Crippen LogP contribution is 2.27. The average Bonchev–Trinajstić information content (AvgIpc) is 2.27. The molecule has 0 aliphatic heterocycles. The van der Waals surface area contributed by atoms with Crippen molar-refractivity contribution in [2.24, 2.45) is 0 Å². The Morgan fingerprint density at radius 3 is 2.88 bits per heavy atom. The summed E-state index contributed by atoms with van der Waals surface area (Å²) in [4.78, 5) is 0. The molecular weight excluding hydrogens is 202 g/mol. The molecule has 2 rings (SSSR count). The molecule has 0 spiro atoms. The molecule has 1 fully saturated rings. The van der Waals surface area contributed by atoms with Gasteiger partial charge in [-0.1, -0.05) is 6.07 Å². The Morgan fingerprint density at radius 2 is 2.19 bits per heavy atom. The lowest BCUT2D eigenvalue weighted by Gasteiger charge is -2.36. The van der Waals surface area contributed by atoms with Crippen molar-refractivity contribution in [3.05, 3.63) is 24.3 Å². The number of ether oxygens (including phenoxy) is 2. The summed E-state index contributed by atoms with van der Waals surface area (Å²) in [5.74, 6) is 0.894. The Labute approximate surface area is 96.8 Å². The minimum Gasteiger partial charge on any atom is -0.497 e. The van der Waals surface area contributed by atoms with Gasteiger partial charge in [0.15, 0.2) is 0 Å². The molecular formula is C13H19NO2. The van der Waals surface area contributed by atoms with E-state index in [0.717, 1.165) is 30.9 Å². The molecule has 0 amide bonds. The number of hydrogen-bond acceptors (Lipinski definition) is 3. The van der Waals surface area contributed by atoms with Gasteiger partial charge >= 0.3 is 0 Å². The fourth-order valence-electron chi connectivity index (χ4n) is 2.00. The Kier molecular flexibility index (Phi) is 3.67. The predicted molar refractivity (Wildman–Crippen MR) is 65.1 cm³/mol. The molecule has 0 saturated heterocycles. The van der Waals surface area contributed by atoms with Gasteiger partial charge in [0.25, 0.3) is 0 Å². The zero-order valence-electron chi connectivity index (χ0n) is 9.90. The van der Waals surface area contributed by atoms with Crippen molar-refractivity contribution >= 4 is 5.69 Å². The van der Waals surface area contributed by atoms with Crippen LogP contribution < -0.4 is 10.1 Å². The first-order chi connectivity index (χ1) is 7.81. The average molecular weight is 221 g/mol. The highest BCUT2D eigenvalue weighted by Gasteiger charge is 2.29. The molecule has 0 bridgehead atoms. The lowest BCUT2D eigenvalue weighted by Crippen LogP contribution is -2.40. The van der Waals surface area contributed by atoms with E-state index in [1.165, 1.54) is 0 Å². The highest BCUT2D eigenvalue weighted by atomic mass is 16.5. The normalized spacial score (nSPS) is 23.6. The largest absolute Gasteiger partial charge is 0.497 e. The topological polar surface area (TPSA) is 30.5 Å². The summed E-state index contributed by atoms with van der Waals surface area (Å²) in [7, 11) is 1.69. The first-order valence-corrected chi connectivity index (χ1v) is 5.84. The van der Waals surface area contributed by atoms with Crippen LogP contribution in [-0.2, 0) is 4.74 Å². The molecule has 0 aromatic heterocycles. The van der Waals surface area contributed by atoms with E-state index in [1.54, 1.807) is 7.11 Å². The second-order valence-electron chi connectivity index (χ2n) is 4.12. The maximum Gasteiger partial charge on any atom is 0.120 e.